The number of nitrogens with two attached hydrogens (primary N) is 1. The van der Waals surface area contributed by atoms with E-state index in [-0.39, 0.29) is 5.56 Å². The van der Waals surface area contributed by atoms with Crippen LogP contribution in [-0.4, -0.2) is 22.6 Å². The molecule has 23 heavy (non-hydrogen) atoms. The number of para-hydroxylation sites is 1. The molecule has 0 bridgehead atoms. The van der Waals surface area contributed by atoms with E-state index in [0.29, 0.717) is 23.4 Å². The molecule has 3 aromatic rings. The number of hydrogen-bond donors (Lipinski definition) is 3. The van der Waals surface area contributed by atoms with Crippen LogP contribution in [0, 0.1) is 0 Å². The van der Waals surface area contributed by atoms with Crippen LogP contribution in [0.1, 0.15) is 15.9 Å². The molecule has 0 radical (unpaired) electrons. The van der Waals surface area contributed by atoms with Gasteiger partial charge in [0, 0.05) is 18.1 Å². The molecule has 3 rings (SSSR count). The Morgan fingerprint density at radius 2 is 1.91 bits per heavy atom. The predicted molar refractivity (Wildman–Crippen MR) is 91.8 cm³/mol. The van der Waals surface area contributed by atoms with Gasteiger partial charge in [0.05, 0.1) is 16.9 Å². The van der Waals surface area contributed by atoms with Crippen LogP contribution in [0.4, 0.5) is 11.4 Å². The van der Waals surface area contributed by atoms with E-state index < -0.39 is 5.97 Å². The van der Waals surface area contributed by atoms with Gasteiger partial charge >= 0.3 is 5.97 Å². The first-order valence-corrected chi connectivity index (χ1v) is 7.35. The zero-order valence-corrected chi connectivity index (χ0v) is 12.5. The molecule has 0 aliphatic heterocycles. The fraction of sp³-hybridized carbons (Fsp3) is 0.111. The van der Waals surface area contributed by atoms with E-state index >= 15 is 0 Å². The van der Waals surface area contributed by atoms with E-state index in [1.54, 1.807) is 12.1 Å². The Balaban J connectivity index is 1.92. The Morgan fingerprint density at radius 3 is 2.65 bits per heavy atom. The molecule has 0 amide bonds. The normalized spacial score (nSPS) is 10.6. The van der Waals surface area contributed by atoms with Crippen LogP contribution in [0.2, 0.25) is 0 Å². The third kappa shape index (κ3) is 3.08. The summed E-state index contributed by atoms with van der Waals surface area (Å²) in [6, 6.07) is 15.4. The van der Waals surface area contributed by atoms with E-state index in [2.05, 4.69) is 10.3 Å². The summed E-state index contributed by atoms with van der Waals surface area (Å²) >= 11 is 0. The number of carbonyl (C=O) groups is 1. The van der Waals surface area contributed by atoms with Crippen molar-refractivity contribution in [2.45, 2.75) is 6.42 Å². The highest BCUT2D eigenvalue weighted by molar-refractivity contribution is 6.06. The van der Waals surface area contributed by atoms with Gasteiger partial charge in [-0.2, -0.15) is 0 Å². The van der Waals surface area contributed by atoms with E-state index in [0.717, 1.165) is 11.8 Å². The number of carboxylic acid groups (broad SMARTS) is 1. The molecule has 0 saturated heterocycles. The lowest BCUT2D eigenvalue weighted by Gasteiger charge is -2.13. The number of aromatic carboxylic acids is 1. The number of hydrogen-bond acceptors (Lipinski definition) is 4. The van der Waals surface area contributed by atoms with Crippen LogP contribution in [0.25, 0.3) is 10.9 Å². The summed E-state index contributed by atoms with van der Waals surface area (Å²) in [4.78, 5) is 15.7. The highest BCUT2D eigenvalue weighted by Crippen LogP contribution is 2.29. The average Bonchev–Trinajstić information content (AvgIpc) is 2.56. The van der Waals surface area contributed by atoms with Gasteiger partial charge in [-0.05, 0) is 18.1 Å². The molecule has 0 aliphatic rings. The molecule has 5 heteroatoms. The van der Waals surface area contributed by atoms with Gasteiger partial charge in [0.25, 0.3) is 0 Å². The Labute approximate surface area is 133 Å². The summed E-state index contributed by atoms with van der Waals surface area (Å²) in [5.74, 6) is -1.01. The number of fused-ring (bicyclic) bond motifs is 1. The van der Waals surface area contributed by atoms with Crippen molar-refractivity contribution in [3.63, 3.8) is 0 Å². The maximum atomic E-state index is 11.5. The highest BCUT2D eigenvalue weighted by atomic mass is 16.4. The molecule has 0 saturated carbocycles. The van der Waals surface area contributed by atoms with Gasteiger partial charge in [-0.15, -0.1) is 0 Å². The quantitative estimate of drug-likeness (QED) is 0.630. The maximum Gasteiger partial charge on any atom is 0.339 e. The molecule has 0 spiro atoms. The molecule has 2 aromatic carbocycles. The van der Waals surface area contributed by atoms with Gasteiger partial charge in [-0.25, -0.2) is 4.79 Å². The van der Waals surface area contributed by atoms with E-state index in [1.165, 1.54) is 11.8 Å². The molecule has 116 valence electrons. The Kier molecular flexibility index (Phi) is 4.10. The van der Waals surface area contributed by atoms with Crippen molar-refractivity contribution in [2.75, 3.05) is 17.6 Å². The van der Waals surface area contributed by atoms with Crippen molar-refractivity contribution in [3.8, 4) is 0 Å². The lowest BCUT2D eigenvalue weighted by molar-refractivity contribution is 0.0697. The zero-order chi connectivity index (χ0) is 16.2. The molecular formula is C18H17N3O2. The monoisotopic (exact) mass is 307 g/mol. The number of aromatic nitrogens is 1. The van der Waals surface area contributed by atoms with Gasteiger partial charge in [0.15, 0.2) is 0 Å². The first-order valence-electron chi connectivity index (χ1n) is 7.35. The predicted octanol–water partition coefficient (Wildman–Crippen LogP) is 3.17. The number of anilines is 2. The minimum atomic E-state index is -1.01. The Morgan fingerprint density at radius 1 is 1.13 bits per heavy atom. The molecule has 4 N–H and O–H groups in total. The molecule has 1 aromatic heterocycles. The third-order valence-electron chi connectivity index (χ3n) is 3.72. The van der Waals surface area contributed by atoms with Crippen molar-refractivity contribution >= 4 is 28.2 Å². The van der Waals surface area contributed by atoms with Crippen LogP contribution in [-0.2, 0) is 6.42 Å². The van der Waals surface area contributed by atoms with Crippen molar-refractivity contribution in [1.29, 1.82) is 0 Å². The minimum Gasteiger partial charge on any atom is -0.478 e. The van der Waals surface area contributed by atoms with Crippen LogP contribution < -0.4 is 11.1 Å². The number of carboxylic acids is 1. The molecule has 0 unspecified atom stereocenters. The fourth-order valence-corrected chi connectivity index (χ4v) is 2.58. The molecular weight excluding hydrogens is 290 g/mol. The van der Waals surface area contributed by atoms with Crippen LogP contribution in [0.5, 0.6) is 0 Å². The largest absolute Gasteiger partial charge is 0.478 e. The Hall–Kier alpha value is -3.08. The van der Waals surface area contributed by atoms with Crippen molar-refractivity contribution in [3.05, 3.63) is 65.9 Å². The molecule has 0 atom stereocenters. The number of nitrogens with zero attached hydrogens (tertiary/aromatic N) is 1. The number of pyridine rings is 1. The SMILES string of the molecule is Nc1cccc2c(NCCc3ccccc3)c(C(=O)O)cnc12. The van der Waals surface area contributed by atoms with Crippen LogP contribution >= 0.6 is 0 Å². The third-order valence-corrected chi connectivity index (χ3v) is 3.72. The average molecular weight is 307 g/mol. The minimum absolute atomic E-state index is 0.149. The molecule has 5 nitrogen and oxygen atoms in total. The van der Waals surface area contributed by atoms with Gasteiger partial charge in [0.2, 0.25) is 0 Å². The van der Waals surface area contributed by atoms with Gasteiger partial charge in [-0.1, -0.05) is 42.5 Å². The van der Waals surface area contributed by atoms with E-state index in [4.69, 9.17) is 5.73 Å². The lowest BCUT2D eigenvalue weighted by atomic mass is 10.1. The molecule has 1 heterocycles. The first-order chi connectivity index (χ1) is 11.2. The summed E-state index contributed by atoms with van der Waals surface area (Å²) < 4.78 is 0. The number of rotatable bonds is 5. The number of benzene rings is 2. The van der Waals surface area contributed by atoms with Crippen LogP contribution in [0.15, 0.2) is 54.7 Å². The van der Waals surface area contributed by atoms with Gasteiger partial charge in [0.1, 0.15) is 5.56 Å². The lowest BCUT2D eigenvalue weighted by Crippen LogP contribution is -2.11. The molecule has 0 aliphatic carbocycles. The second-order valence-electron chi connectivity index (χ2n) is 5.26. The summed E-state index contributed by atoms with van der Waals surface area (Å²) in [5, 5.41) is 13.4. The van der Waals surface area contributed by atoms with Crippen molar-refractivity contribution < 1.29 is 9.90 Å². The maximum absolute atomic E-state index is 11.5. The summed E-state index contributed by atoms with van der Waals surface area (Å²) in [6.07, 6.45) is 2.15. The second-order valence-corrected chi connectivity index (χ2v) is 5.26. The standard InChI is InChI=1S/C18H17N3O2/c19-15-8-4-7-13-16(14(18(22)23)11-21-17(13)15)20-10-9-12-5-2-1-3-6-12/h1-8,11H,9-10,19H2,(H,20,21)(H,22,23). The number of nitrogen functional groups attached to an aromatic ring is 1. The highest BCUT2D eigenvalue weighted by Gasteiger charge is 2.15. The van der Waals surface area contributed by atoms with Crippen molar-refractivity contribution in [1.82, 2.24) is 4.98 Å². The smallest absolute Gasteiger partial charge is 0.339 e. The Bertz CT molecular complexity index is 848. The summed E-state index contributed by atoms with van der Waals surface area (Å²) in [5.41, 5.74) is 8.98. The van der Waals surface area contributed by atoms with Crippen LogP contribution in [0.3, 0.4) is 0 Å². The van der Waals surface area contributed by atoms with E-state index in [9.17, 15) is 9.90 Å². The fourth-order valence-electron chi connectivity index (χ4n) is 2.58. The van der Waals surface area contributed by atoms with Crippen molar-refractivity contribution in [2.24, 2.45) is 0 Å². The second kappa shape index (κ2) is 6.36. The number of nitrogens with one attached hydrogen (secondary N) is 1. The summed E-state index contributed by atoms with van der Waals surface area (Å²) in [6.45, 7) is 0.623. The first kappa shape index (κ1) is 14.8. The summed E-state index contributed by atoms with van der Waals surface area (Å²) in [7, 11) is 0. The molecule has 0 fully saturated rings. The van der Waals surface area contributed by atoms with E-state index in [1.807, 2.05) is 36.4 Å². The zero-order valence-electron chi connectivity index (χ0n) is 12.5. The van der Waals surface area contributed by atoms with Gasteiger partial charge in [-0.3, -0.25) is 4.98 Å². The van der Waals surface area contributed by atoms with Gasteiger partial charge < -0.3 is 16.2 Å². The topological polar surface area (TPSA) is 88.2 Å².